The molecule has 0 aromatic heterocycles. The molecule has 1 aromatic carbocycles. The molecule has 0 atom stereocenters. The number of carbonyl (C=O) groups is 2. The maximum atomic E-state index is 12.8. The lowest BCUT2D eigenvalue weighted by Crippen LogP contribution is -2.16. The summed E-state index contributed by atoms with van der Waals surface area (Å²) in [6.45, 7) is 0. The number of hydrogen-bond donors (Lipinski definition) is 0. The molecule has 0 bridgehead atoms. The Bertz CT molecular complexity index is 546. The van der Waals surface area contributed by atoms with Gasteiger partial charge in [0.05, 0.1) is 22.5 Å². The van der Waals surface area contributed by atoms with E-state index in [1.165, 1.54) is 6.07 Å². The van der Waals surface area contributed by atoms with E-state index in [0.717, 1.165) is 12.1 Å². The van der Waals surface area contributed by atoms with Gasteiger partial charge in [-0.1, -0.05) is 15.9 Å². The summed E-state index contributed by atoms with van der Waals surface area (Å²) in [7, 11) is 0. The monoisotopic (exact) mass is 319 g/mol. The van der Waals surface area contributed by atoms with E-state index in [4.69, 9.17) is 5.26 Å². The lowest BCUT2D eigenvalue weighted by Gasteiger charge is -2.13. The van der Waals surface area contributed by atoms with E-state index in [9.17, 15) is 22.8 Å². The Hall–Kier alpha value is -1.68. The van der Waals surface area contributed by atoms with Crippen LogP contribution in [0, 0.1) is 11.3 Å². The van der Waals surface area contributed by atoms with Gasteiger partial charge in [0.2, 0.25) is 0 Å². The van der Waals surface area contributed by atoms with Crippen LogP contribution in [0.2, 0.25) is 0 Å². The maximum absolute atomic E-state index is 12.8. The van der Waals surface area contributed by atoms with Crippen molar-refractivity contribution in [1.29, 1.82) is 5.26 Å². The summed E-state index contributed by atoms with van der Waals surface area (Å²) in [5.74, 6) is -0.845. The number of aldehydes is 1. The average Bonchev–Trinajstić information content (AvgIpc) is 2.34. The highest BCUT2D eigenvalue weighted by Crippen LogP contribution is 2.35. The quantitative estimate of drug-likeness (QED) is 0.489. The first-order valence-corrected chi connectivity index (χ1v) is 5.67. The molecule has 0 N–H and O–H groups in total. The lowest BCUT2D eigenvalue weighted by atomic mass is 9.96. The number of alkyl halides is 4. The number of carbonyl (C=O) groups excluding carboxylic acids is 2. The Morgan fingerprint density at radius 1 is 1.44 bits per heavy atom. The molecule has 0 aliphatic heterocycles. The number of benzene rings is 1. The zero-order valence-electron chi connectivity index (χ0n) is 8.71. The molecule has 0 saturated heterocycles. The van der Waals surface area contributed by atoms with Gasteiger partial charge in [-0.05, 0) is 12.1 Å². The number of halogens is 4. The normalized spacial score (nSPS) is 10.8. The molecule has 0 aliphatic carbocycles. The van der Waals surface area contributed by atoms with Gasteiger partial charge in [-0.3, -0.25) is 9.59 Å². The minimum Gasteiger partial charge on any atom is -0.298 e. The molecule has 18 heavy (non-hydrogen) atoms. The number of ketones is 1. The summed E-state index contributed by atoms with van der Waals surface area (Å²) in [5, 5.41) is 8.36. The first kappa shape index (κ1) is 14.4. The first-order valence-electron chi connectivity index (χ1n) is 4.54. The van der Waals surface area contributed by atoms with Gasteiger partial charge in [-0.25, -0.2) is 0 Å². The smallest absolute Gasteiger partial charge is 0.298 e. The fraction of sp³-hybridized carbons (Fsp3) is 0.182. The van der Waals surface area contributed by atoms with Gasteiger partial charge in [0.1, 0.15) is 6.29 Å². The van der Waals surface area contributed by atoms with Crippen molar-refractivity contribution in [2.24, 2.45) is 0 Å². The van der Waals surface area contributed by atoms with E-state index in [1.54, 1.807) is 0 Å². The molecule has 0 fully saturated rings. The van der Waals surface area contributed by atoms with Crippen LogP contribution in [-0.2, 0) is 6.18 Å². The van der Waals surface area contributed by atoms with Crippen LogP contribution in [0.1, 0.15) is 31.8 Å². The minimum absolute atomic E-state index is 0.149. The fourth-order valence-corrected chi connectivity index (χ4v) is 1.72. The Balaban J connectivity index is 3.70. The molecule has 0 aliphatic rings. The van der Waals surface area contributed by atoms with Crippen LogP contribution in [0.3, 0.4) is 0 Å². The number of rotatable bonds is 3. The predicted molar refractivity (Wildman–Crippen MR) is 59.7 cm³/mol. The van der Waals surface area contributed by atoms with Crippen LogP contribution in [0.4, 0.5) is 13.2 Å². The van der Waals surface area contributed by atoms with Crippen molar-refractivity contribution < 1.29 is 22.8 Å². The van der Waals surface area contributed by atoms with E-state index in [-0.39, 0.29) is 17.2 Å². The van der Waals surface area contributed by atoms with Crippen LogP contribution in [0.15, 0.2) is 12.1 Å². The van der Waals surface area contributed by atoms with Crippen LogP contribution < -0.4 is 0 Å². The minimum atomic E-state index is -4.83. The van der Waals surface area contributed by atoms with Crippen molar-refractivity contribution in [3.05, 3.63) is 34.4 Å². The van der Waals surface area contributed by atoms with E-state index >= 15 is 0 Å². The van der Waals surface area contributed by atoms with Crippen molar-refractivity contribution in [2.45, 2.75) is 6.18 Å². The van der Waals surface area contributed by atoms with E-state index in [0.29, 0.717) is 0 Å². The molecule has 1 aromatic rings. The van der Waals surface area contributed by atoms with Gasteiger partial charge in [0, 0.05) is 11.1 Å². The molecule has 0 heterocycles. The van der Waals surface area contributed by atoms with E-state index in [2.05, 4.69) is 15.9 Å². The van der Waals surface area contributed by atoms with Crippen LogP contribution in [-0.4, -0.2) is 17.4 Å². The third-order valence-corrected chi connectivity index (χ3v) is 2.63. The molecule has 94 valence electrons. The SMILES string of the molecule is N#Cc1cc(C=O)cc(C(=O)CBr)c1C(F)(F)F. The van der Waals surface area contributed by atoms with Gasteiger partial charge < -0.3 is 0 Å². The van der Waals surface area contributed by atoms with Crippen LogP contribution in [0.5, 0.6) is 0 Å². The lowest BCUT2D eigenvalue weighted by molar-refractivity contribution is -0.138. The van der Waals surface area contributed by atoms with Gasteiger partial charge in [-0.15, -0.1) is 0 Å². The molecule has 0 spiro atoms. The highest BCUT2D eigenvalue weighted by atomic mass is 79.9. The largest absolute Gasteiger partial charge is 0.418 e. The van der Waals surface area contributed by atoms with Crippen LogP contribution in [0.25, 0.3) is 0 Å². The van der Waals surface area contributed by atoms with Crippen molar-refractivity contribution in [3.8, 4) is 6.07 Å². The first-order chi connectivity index (χ1) is 8.35. The van der Waals surface area contributed by atoms with Gasteiger partial charge >= 0.3 is 6.18 Å². The molecular weight excluding hydrogens is 315 g/mol. The number of Topliss-reactive ketones (excluding diaryl/α,β-unsaturated/α-hetero) is 1. The third kappa shape index (κ3) is 2.76. The predicted octanol–water partition coefficient (Wildman–Crippen LogP) is 2.97. The molecule has 3 nitrogen and oxygen atoms in total. The second-order valence-electron chi connectivity index (χ2n) is 3.28. The Morgan fingerprint density at radius 2 is 2.06 bits per heavy atom. The van der Waals surface area contributed by atoms with E-state index in [1.807, 2.05) is 0 Å². The summed E-state index contributed by atoms with van der Waals surface area (Å²) in [4.78, 5) is 22.0. The standard InChI is InChI=1S/C11H5BrF3NO2/c12-3-9(18)8-2-6(5-17)1-7(4-16)10(8)11(13,14)15/h1-2,5H,3H2. The van der Waals surface area contributed by atoms with Gasteiger partial charge in [-0.2, -0.15) is 18.4 Å². The van der Waals surface area contributed by atoms with Crippen molar-refractivity contribution in [1.82, 2.24) is 0 Å². The zero-order valence-corrected chi connectivity index (χ0v) is 10.3. The topological polar surface area (TPSA) is 57.9 Å². The van der Waals surface area contributed by atoms with E-state index < -0.39 is 28.6 Å². The van der Waals surface area contributed by atoms with Gasteiger partial charge in [0.25, 0.3) is 0 Å². The maximum Gasteiger partial charge on any atom is 0.418 e. The Morgan fingerprint density at radius 3 is 2.44 bits per heavy atom. The molecule has 0 saturated carbocycles. The molecule has 0 unspecified atom stereocenters. The van der Waals surface area contributed by atoms with Crippen molar-refractivity contribution >= 4 is 28.0 Å². The third-order valence-electron chi connectivity index (χ3n) is 2.12. The van der Waals surface area contributed by atoms with Crippen molar-refractivity contribution in [3.63, 3.8) is 0 Å². The van der Waals surface area contributed by atoms with Crippen molar-refractivity contribution in [2.75, 3.05) is 5.33 Å². The second kappa shape index (κ2) is 5.31. The fourth-order valence-electron chi connectivity index (χ4n) is 1.42. The second-order valence-corrected chi connectivity index (χ2v) is 3.84. The van der Waals surface area contributed by atoms with Gasteiger partial charge in [0.15, 0.2) is 5.78 Å². The number of nitrogens with zero attached hydrogens (tertiary/aromatic N) is 1. The highest BCUT2D eigenvalue weighted by molar-refractivity contribution is 9.09. The molecular formula is C11H5BrF3NO2. The summed E-state index contributed by atoms with van der Waals surface area (Å²) in [6.07, 6.45) is -4.55. The Labute approximate surface area is 108 Å². The molecule has 0 radical (unpaired) electrons. The van der Waals surface area contributed by atoms with Crippen LogP contribution >= 0.6 is 15.9 Å². The zero-order chi connectivity index (χ0) is 13.9. The molecule has 1 rings (SSSR count). The summed E-state index contributed by atoms with van der Waals surface area (Å²) in [6, 6.07) is 2.99. The Kier molecular flexibility index (Phi) is 4.24. The summed E-state index contributed by atoms with van der Waals surface area (Å²) in [5.41, 5.74) is -2.87. The average molecular weight is 320 g/mol. The molecule has 7 heteroatoms. The summed E-state index contributed by atoms with van der Waals surface area (Å²) >= 11 is 2.76. The number of nitriles is 1. The highest BCUT2D eigenvalue weighted by Gasteiger charge is 2.38. The molecule has 0 amide bonds. The summed E-state index contributed by atoms with van der Waals surface area (Å²) < 4.78 is 38.5. The number of hydrogen-bond acceptors (Lipinski definition) is 3.